The summed E-state index contributed by atoms with van der Waals surface area (Å²) in [5.74, 6) is 1.30. The molecule has 9 aliphatic rings. The molecule has 7 saturated carbocycles. The Morgan fingerprint density at radius 1 is 0.689 bits per heavy atom. The van der Waals surface area contributed by atoms with E-state index < -0.39 is 17.3 Å². The van der Waals surface area contributed by atoms with E-state index in [4.69, 9.17) is 9.47 Å². The van der Waals surface area contributed by atoms with Gasteiger partial charge >= 0.3 is 11.9 Å². The summed E-state index contributed by atoms with van der Waals surface area (Å²) in [5.41, 5.74) is -0.219. The molecular formula is C51H81N3O7. The van der Waals surface area contributed by atoms with E-state index in [0.29, 0.717) is 67.0 Å². The fourth-order valence-electron chi connectivity index (χ4n) is 17.4. The van der Waals surface area contributed by atoms with Gasteiger partial charge in [-0.15, -0.1) is 0 Å². The summed E-state index contributed by atoms with van der Waals surface area (Å²) in [7, 11) is 0. The Labute approximate surface area is 367 Å². The highest BCUT2D eigenvalue weighted by molar-refractivity contribution is 5.85. The van der Waals surface area contributed by atoms with Crippen LogP contribution < -0.4 is 5.32 Å². The number of nitrogens with one attached hydrogen (secondary N) is 1. The van der Waals surface area contributed by atoms with E-state index in [-0.39, 0.29) is 56.9 Å². The Hall–Kier alpha value is -2.20. The highest BCUT2D eigenvalue weighted by atomic mass is 16.5. The number of carbonyl (C=O) groups is 4. The van der Waals surface area contributed by atoms with Crippen LogP contribution in [-0.4, -0.2) is 97.2 Å². The maximum absolute atomic E-state index is 15.3. The number of amides is 2. The molecule has 0 aromatic carbocycles. The van der Waals surface area contributed by atoms with Crippen molar-refractivity contribution in [2.45, 2.75) is 158 Å². The van der Waals surface area contributed by atoms with Crippen LogP contribution in [0.25, 0.3) is 0 Å². The quantitative estimate of drug-likeness (QED) is 0.223. The first-order valence-electron chi connectivity index (χ1n) is 25.0. The molecule has 0 radical (unpaired) electrons. The third kappa shape index (κ3) is 6.71. The number of carboxylic acids is 1. The summed E-state index contributed by atoms with van der Waals surface area (Å²) in [6, 6.07) is 0. The molecule has 10 heteroatoms. The molecule has 0 aromatic heterocycles. The minimum atomic E-state index is -0.814. The fourth-order valence-corrected chi connectivity index (χ4v) is 17.4. The molecule has 2 aliphatic heterocycles. The number of rotatable bonds is 9. The third-order valence-electron chi connectivity index (χ3n) is 21.8. The van der Waals surface area contributed by atoms with E-state index in [1.807, 2.05) is 13.8 Å². The van der Waals surface area contributed by atoms with Gasteiger partial charge in [-0.25, -0.2) is 0 Å². The Bertz CT molecular complexity index is 1750. The molecule has 2 heterocycles. The van der Waals surface area contributed by atoms with Gasteiger partial charge in [-0.05, 0) is 153 Å². The van der Waals surface area contributed by atoms with Crippen molar-refractivity contribution in [3.8, 4) is 0 Å². The fraction of sp³-hybridized carbons (Fsp3) is 0.922. The van der Waals surface area contributed by atoms with E-state index >= 15 is 4.79 Å². The van der Waals surface area contributed by atoms with E-state index in [0.717, 1.165) is 84.2 Å². The van der Waals surface area contributed by atoms with Crippen molar-refractivity contribution in [2.24, 2.45) is 85.2 Å². The van der Waals surface area contributed by atoms with Crippen LogP contribution in [-0.2, 0) is 28.7 Å². The molecule has 12 unspecified atom stereocenters. The molecule has 9 fully saturated rings. The monoisotopic (exact) mass is 848 g/mol. The molecule has 0 spiro atoms. The molecule has 0 aromatic rings. The topological polar surface area (TPSA) is 125 Å². The molecule has 2 saturated heterocycles. The number of likely N-dealkylation sites (tertiary alicyclic amines) is 1. The maximum Gasteiger partial charge on any atom is 0.309 e. The summed E-state index contributed by atoms with van der Waals surface area (Å²) >= 11 is 0. The Morgan fingerprint density at radius 3 is 2.05 bits per heavy atom. The Balaban J connectivity index is 0.895. The van der Waals surface area contributed by atoms with E-state index in [2.05, 4.69) is 56.7 Å². The van der Waals surface area contributed by atoms with Gasteiger partial charge in [0.2, 0.25) is 11.8 Å². The highest BCUT2D eigenvalue weighted by Crippen LogP contribution is 2.79. The largest absolute Gasteiger partial charge is 0.481 e. The SMILES string of the molecule is CC1(C2CCC3(C(=O)N4CCC(C(=O)NCCN5CCOCC5)CC4)CCC4(C)C(CCC5C6(C)CCC(OC(=O)C7CC(C(=O)O)C7(C)C)C(C)(C)C6CCC54C)C23)CC1. The number of aliphatic carboxylic acids is 1. The molecule has 9 rings (SSSR count). The van der Waals surface area contributed by atoms with Gasteiger partial charge in [0.05, 0.1) is 30.5 Å². The number of ether oxygens (including phenoxy) is 2. The van der Waals surface area contributed by atoms with Crippen LogP contribution in [0.2, 0.25) is 0 Å². The van der Waals surface area contributed by atoms with E-state index in [9.17, 15) is 19.5 Å². The number of carboxylic acid groups (broad SMARTS) is 1. The Kier molecular flexibility index (Phi) is 11.0. The predicted molar refractivity (Wildman–Crippen MR) is 234 cm³/mol. The van der Waals surface area contributed by atoms with Crippen LogP contribution >= 0.6 is 0 Å². The van der Waals surface area contributed by atoms with Crippen LogP contribution in [0.1, 0.15) is 152 Å². The van der Waals surface area contributed by atoms with Crippen LogP contribution in [0.3, 0.4) is 0 Å². The second-order valence-corrected chi connectivity index (χ2v) is 24.7. The van der Waals surface area contributed by atoms with Gasteiger partial charge < -0.3 is 24.8 Å². The van der Waals surface area contributed by atoms with Crippen molar-refractivity contribution < 1.29 is 33.8 Å². The number of fused-ring (bicyclic) bond motifs is 7. The smallest absolute Gasteiger partial charge is 0.309 e. The number of piperidine rings is 1. The van der Waals surface area contributed by atoms with Crippen molar-refractivity contribution in [1.82, 2.24) is 15.1 Å². The lowest BCUT2D eigenvalue weighted by atomic mass is 9.32. The number of hydrogen-bond donors (Lipinski definition) is 2. The van der Waals surface area contributed by atoms with Gasteiger partial charge in [-0.3, -0.25) is 24.1 Å². The zero-order valence-electron chi connectivity index (χ0n) is 39.3. The lowest BCUT2D eigenvalue weighted by Crippen LogP contribution is -2.68. The first-order chi connectivity index (χ1) is 28.7. The second-order valence-electron chi connectivity index (χ2n) is 24.7. The number of nitrogens with zero attached hydrogens (tertiary/aromatic N) is 2. The summed E-state index contributed by atoms with van der Waals surface area (Å²) in [4.78, 5) is 58.7. The van der Waals surface area contributed by atoms with Crippen molar-refractivity contribution in [3.63, 3.8) is 0 Å². The molecular weight excluding hydrogens is 767 g/mol. The average Bonchev–Trinajstić information content (AvgIpc) is 3.83. The highest BCUT2D eigenvalue weighted by Gasteiger charge is 2.74. The number of carbonyl (C=O) groups excluding carboxylic acids is 3. The molecule has 342 valence electrons. The van der Waals surface area contributed by atoms with Crippen LogP contribution in [0, 0.1) is 85.2 Å². The van der Waals surface area contributed by atoms with Crippen molar-refractivity contribution in [1.29, 1.82) is 0 Å². The van der Waals surface area contributed by atoms with E-state index in [1.165, 1.54) is 38.5 Å². The average molecular weight is 848 g/mol. The van der Waals surface area contributed by atoms with Gasteiger partial charge in [0, 0.05) is 50.6 Å². The number of morpholine rings is 1. The Morgan fingerprint density at radius 2 is 1.39 bits per heavy atom. The molecule has 7 aliphatic carbocycles. The molecule has 12 atom stereocenters. The standard InChI is InChI=1S/C51H81N3O7/c1-45(2)35(42(56)57)31-36(45)43(58)61-39-13-16-48(6)37(46(39,3)4)12-17-50(8)38(48)10-9-34-40-33(47(5)19-20-47)11-18-51(40,22-21-49(34,50)7)44(59)54-24-14-32(15-25-54)41(55)52-23-26-53-27-29-60-30-28-53/h32-40H,9-31H2,1-8H3,(H,52,55)(H,56,57). The summed E-state index contributed by atoms with van der Waals surface area (Å²) < 4.78 is 12.0. The van der Waals surface area contributed by atoms with Gasteiger partial charge in [-0.1, -0.05) is 55.4 Å². The predicted octanol–water partition coefficient (Wildman–Crippen LogP) is 8.21. The van der Waals surface area contributed by atoms with Crippen LogP contribution in [0.4, 0.5) is 0 Å². The minimum absolute atomic E-state index is 0.0151. The van der Waals surface area contributed by atoms with Gasteiger partial charge in [0.25, 0.3) is 0 Å². The van der Waals surface area contributed by atoms with Crippen molar-refractivity contribution in [2.75, 3.05) is 52.5 Å². The third-order valence-corrected chi connectivity index (χ3v) is 21.8. The van der Waals surface area contributed by atoms with E-state index in [1.54, 1.807) is 0 Å². The maximum atomic E-state index is 15.3. The van der Waals surface area contributed by atoms with Gasteiger partial charge in [0.15, 0.2) is 0 Å². The van der Waals surface area contributed by atoms with Gasteiger partial charge in [-0.2, -0.15) is 0 Å². The normalized spacial score (nSPS) is 44.9. The lowest BCUT2D eigenvalue weighted by Gasteiger charge is -2.73. The molecule has 61 heavy (non-hydrogen) atoms. The van der Waals surface area contributed by atoms with Gasteiger partial charge in [0.1, 0.15) is 6.10 Å². The van der Waals surface area contributed by atoms with Crippen molar-refractivity contribution in [3.05, 3.63) is 0 Å². The minimum Gasteiger partial charge on any atom is -0.481 e. The summed E-state index contributed by atoms with van der Waals surface area (Å²) in [6.07, 6.45) is 15.3. The van der Waals surface area contributed by atoms with Crippen molar-refractivity contribution >= 4 is 23.8 Å². The second kappa shape index (κ2) is 15.2. The molecule has 0 bridgehead atoms. The number of esters is 1. The molecule has 10 nitrogen and oxygen atoms in total. The zero-order valence-corrected chi connectivity index (χ0v) is 39.3. The summed E-state index contributed by atoms with van der Waals surface area (Å²) in [5, 5.41) is 12.9. The lowest BCUT2D eigenvalue weighted by molar-refractivity contribution is -0.253. The first-order valence-corrected chi connectivity index (χ1v) is 25.0. The molecule has 2 N–H and O–H groups in total. The van der Waals surface area contributed by atoms with Crippen LogP contribution in [0.5, 0.6) is 0 Å². The first kappa shape index (κ1) is 44.0. The van der Waals surface area contributed by atoms with Crippen LogP contribution in [0.15, 0.2) is 0 Å². The molecule has 2 amide bonds. The summed E-state index contributed by atoms with van der Waals surface area (Å²) in [6.45, 7) is 25.4. The zero-order chi connectivity index (χ0) is 43.5. The number of hydrogen-bond acceptors (Lipinski definition) is 7.